The molecule has 0 radical (unpaired) electrons. The normalized spacial score (nSPS) is 11.9. The van der Waals surface area contributed by atoms with Gasteiger partial charge in [-0.2, -0.15) is 0 Å². The van der Waals surface area contributed by atoms with E-state index in [4.69, 9.17) is 0 Å². The van der Waals surface area contributed by atoms with Crippen LogP contribution in [0.25, 0.3) is 53.9 Å². The van der Waals surface area contributed by atoms with Crippen molar-refractivity contribution in [3.05, 3.63) is 132 Å². The lowest BCUT2D eigenvalue weighted by Crippen LogP contribution is -2.43. The van der Waals surface area contributed by atoms with Gasteiger partial charge in [-0.1, -0.05) is 138 Å². The first-order valence-electron chi connectivity index (χ1n) is 16.6. The molecule has 46 heavy (non-hydrogen) atoms. The van der Waals surface area contributed by atoms with E-state index in [0.717, 1.165) is 16.7 Å². The van der Waals surface area contributed by atoms with E-state index in [1.807, 2.05) is 0 Å². The molecule has 0 bridgehead atoms. The average Bonchev–Trinajstić information content (AvgIpc) is 3.05. The van der Waals surface area contributed by atoms with Crippen molar-refractivity contribution in [2.24, 2.45) is 0 Å². The Hall–Kier alpha value is -4.82. The van der Waals surface area contributed by atoms with Crippen LogP contribution < -0.4 is 0 Å². The molecule has 0 aliphatic rings. The highest BCUT2D eigenvalue weighted by molar-refractivity contribution is 6.90. The van der Waals surface area contributed by atoms with Crippen molar-refractivity contribution in [3.8, 4) is 23.3 Å². The molecule has 224 valence electrons. The Labute approximate surface area is 274 Å². The Morgan fingerprint density at radius 1 is 0.391 bits per heavy atom. The summed E-state index contributed by atoms with van der Waals surface area (Å²) in [4.78, 5) is 0. The van der Waals surface area contributed by atoms with E-state index < -0.39 is 8.07 Å². The van der Waals surface area contributed by atoms with Crippen LogP contribution in [0.3, 0.4) is 0 Å². The lowest BCUT2D eigenvalue weighted by atomic mass is 9.89. The third kappa shape index (κ3) is 5.06. The van der Waals surface area contributed by atoms with Gasteiger partial charge in [0, 0.05) is 16.7 Å². The van der Waals surface area contributed by atoms with E-state index in [0.29, 0.717) is 16.6 Å². The summed E-state index contributed by atoms with van der Waals surface area (Å²) in [5.41, 5.74) is 8.99. The van der Waals surface area contributed by atoms with E-state index in [2.05, 4.69) is 180 Å². The molecule has 7 rings (SSSR count). The molecule has 0 saturated carbocycles. The monoisotopic (exact) mass is 608 g/mol. The maximum absolute atomic E-state index is 4.08. The molecule has 0 atom stereocenters. The second-order valence-corrected chi connectivity index (χ2v) is 19.3. The lowest BCUT2D eigenvalue weighted by Gasteiger charge is -2.38. The van der Waals surface area contributed by atoms with Gasteiger partial charge in [-0.25, -0.2) is 0 Å². The summed E-state index contributed by atoms with van der Waals surface area (Å²) in [6.45, 7) is 14.4. The fourth-order valence-electron chi connectivity index (χ4n) is 7.87. The predicted octanol–water partition coefficient (Wildman–Crippen LogP) is 12.4. The second-order valence-electron chi connectivity index (χ2n) is 13.7. The van der Waals surface area contributed by atoms with Crippen LogP contribution in [0.4, 0.5) is 0 Å². The zero-order valence-electron chi connectivity index (χ0n) is 27.7. The van der Waals surface area contributed by atoms with Gasteiger partial charge in [-0.05, 0) is 107 Å². The molecule has 7 aromatic carbocycles. The smallest absolute Gasteiger partial charge is 0.125 e. The Kier molecular flexibility index (Phi) is 7.68. The molecule has 0 amide bonds. The molecular formula is C45H40Si. The molecule has 0 unspecified atom stereocenters. The molecule has 0 nitrogen and oxygen atoms in total. The summed E-state index contributed by atoms with van der Waals surface area (Å²) in [6, 6.07) is 41.7. The number of benzene rings is 7. The minimum atomic E-state index is -1.98. The SMILES string of the molecule is CC(C)[Si](C#Cc1c2cc3ccccc3cc2c(C#Cc2ccc3ccccc3c2)c2cc3ccccc3cc12)(C(C)C)C(C)C. The summed E-state index contributed by atoms with van der Waals surface area (Å²) in [6.07, 6.45) is 0. The van der Waals surface area contributed by atoms with Crippen molar-refractivity contribution in [2.75, 3.05) is 0 Å². The second kappa shape index (κ2) is 11.8. The molecule has 0 aromatic heterocycles. The Balaban J connectivity index is 1.61. The van der Waals surface area contributed by atoms with Crippen LogP contribution in [0.2, 0.25) is 16.6 Å². The largest absolute Gasteiger partial charge is 0.146 e. The van der Waals surface area contributed by atoms with E-state index in [-0.39, 0.29) is 0 Å². The first-order valence-corrected chi connectivity index (χ1v) is 18.8. The molecule has 0 heterocycles. The molecule has 0 fully saturated rings. The standard InChI is InChI=1S/C45H40Si/c1-30(2)46(31(3)4,32(5)6)24-23-41-44-28-38-17-11-9-15-36(38)26-42(44)40(43-27-37-16-10-12-18-39(37)29-45(41)43)22-20-33-19-21-34-13-7-8-14-35(34)25-33/h7-19,21,25-32H,1-6H3. The minimum absolute atomic E-state index is 0.561. The minimum Gasteiger partial charge on any atom is -0.125 e. The number of fused-ring (bicyclic) bond motifs is 5. The number of hydrogen-bond donors (Lipinski definition) is 0. The Morgan fingerprint density at radius 3 is 1.17 bits per heavy atom. The van der Waals surface area contributed by atoms with E-state index in [1.54, 1.807) is 0 Å². The maximum Gasteiger partial charge on any atom is 0.146 e. The third-order valence-electron chi connectivity index (χ3n) is 10.2. The van der Waals surface area contributed by atoms with Crippen molar-refractivity contribution >= 4 is 61.9 Å². The summed E-state index contributed by atoms with van der Waals surface area (Å²) >= 11 is 0. The maximum atomic E-state index is 4.08. The van der Waals surface area contributed by atoms with Crippen LogP contribution in [0.1, 0.15) is 58.2 Å². The van der Waals surface area contributed by atoms with E-state index >= 15 is 0 Å². The van der Waals surface area contributed by atoms with Gasteiger partial charge in [0.1, 0.15) is 8.07 Å². The van der Waals surface area contributed by atoms with Gasteiger partial charge in [-0.15, -0.1) is 5.54 Å². The molecule has 0 aliphatic carbocycles. The fourth-order valence-corrected chi connectivity index (χ4v) is 13.1. The van der Waals surface area contributed by atoms with Crippen molar-refractivity contribution < 1.29 is 0 Å². The summed E-state index contributed by atoms with van der Waals surface area (Å²) in [7, 11) is -1.98. The highest BCUT2D eigenvalue weighted by atomic mass is 28.3. The van der Waals surface area contributed by atoms with Gasteiger partial charge in [0.05, 0.1) is 0 Å². The molecule has 7 aromatic rings. The topological polar surface area (TPSA) is 0 Å². The summed E-state index contributed by atoms with van der Waals surface area (Å²) < 4.78 is 0. The fraction of sp³-hybridized carbons (Fsp3) is 0.200. The van der Waals surface area contributed by atoms with Gasteiger partial charge in [-0.3, -0.25) is 0 Å². The van der Waals surface area contributed by atoms with Crippen LogP contribution in [0.15, 0.2) is 115 Å². The third-order valence-corrected chi connectivity index (χ3v) is 16.5. The lowest BCUT2D eigenvalue weighted by molar-refractivity contribution is 0.838. The molecular weight excluding hydrogens is 569 g/mol. The van der Waals surface area contributed by atoms with E-state index in [1.165, 1.54) is 53.9 Å². The first-order chi connectivity index (χ1) is 22.3. The van der Waals surface area contributed by atoms with Gasteiger partial charge < -0.3 is 0 Å². The highest BCUT2D eigenvalue weighted by Gasteiger charge is 2.41. The average molecular weight is 609 g/mol. The molecule has 0 N–H and O–H groups in total. The highest BCUT2D eigenvalue weighted by Crippen LogP contribution is 2.42. The van der Waals surface area contributed by atoms with Crippen LogP contribution in [-0.2, 0) is 0 Å². The molecule has 0 spiro atoms. The predicted molar refractivity (Wildman–Crippen MR) is 204 cm³/mol. The number of hydrogen-bond acceptors (Lipinski definition) is 0. The zero-order chi connectivity index (χ0) is 32.0. The first kappa shape index (κ1) is 29.9. The Bertz CT molecular complexity index is 2300. The van der Waals surface area contributed by atoms with E-state index in [9.17, 15) is 0 Å². The molecule has 0 aliphatic heterocycles. The quantitative estimate of drug-likeness (QED) is 0.106. The van der Waals surface area contributed by atoms with Crippen molar-refractivity contribution in [1.82, 2.24) is 0 Å². The van der Waals surface area contributed by atoms with Crippen LogP contribution in [-0.4, -0.2) is 8.07 Å². The van der Waals surface area contributed by atoms with Crippen LogP contribution >= 0.6 is 0 Å². The van der Waals surface area contributed by atoms with Gasteiger partial charge in [0.2, 0.25) is 0 Å². The van der Waals surface area contributed by atoms with Crippen molar-refractivity contribution in [1.29, 1.82) is 0 Å². The summed E-state index contributed by atoms with van der Waals surface area (Å²) in [5.74, 6) is 11.2. The molecule has 1 heteroatoms. The van der Waals surface area contributed by atoms with Crippen LogP contribution in [0.5, 0.6) is 0 Å². The van der Waals surface area contributed by atoms with Gasteiger partial charge in [0.25, 0.3) is 0 Å². The number of rotatable bonds is 3. The summed E-state index contributed by atoms with van der Waals surface area (Å²) in [5, 5.41) is 12.1. The zero-order valence-corrected chi connectivity index (χ0v) is 28.7. The van der Waals surface area contributed by atoms with Crippen molar-refractivity contribution in [2.45, 2.75) is 58.2 Å². The molecule has 0 saturated heterocycles. The van der Waals surface area contributed by atoms with Crippen molar-refractivity contribution in [3.63, 3.8) is 0 Å². The van der Waals surface area contributed by atoms with Gasteiger partial charge >= 0.3 is 0 Å². The van der Waals surface area contributed by atoms with Gasteiger partial charge in [0.15, 0.2) is 0 Å². The van der Waals surface area contributed by atoms with Crippen LogP contribution in [0, 0.1) is 23.3 Å². The Morgan fingerprint density at radius 2 is 0.761 bits per heavy atom.